The van der Waals surface area contributed by atoms with Crippen molar-refractivity contribution < 1.29 is 14.3 Å². The summed E-state index contributed by atoms with van der Waals surface area (Å²) in [7, 11) is 0. The molecule has 9 heteroatoms. The van der Waals surface area contributed by atoms with Gasteiger partial charge in [0.2, 0.25) is 5.91 Å². The monoisotopic (exact) mass is 523 g/mol. The summed E-state index contributed by atoms with van der Waals surface area (Å²) in [5.41, 5.74) is 4.02. The summed E-state index contributed by atoms with van der Waals surface area (Å²) < 4.78 is 5.51. The van der Waals surface area contributed by atoms with Crippen LogP contribution < -0.4 is 5.32 Å². The molecule has 198 valence electrons. The van der Waals surface area contributed by atoms with Gasteiger partial charge in [0.15, 0.2) is 0 Å². The van der Waals surface area contributed by atoms with Gasteiger partial charge in [-0.3, -0.25) is 19.6 Å². The molecule has 1 aliphatic carbocycles. The summed E-state index contributed by atoms with van der Waals surface area (Å²) in [6.07, 6.45) is 4.71. The minimum atomic E-state index is -0.0422. The SMILES string of the molecule is CC1(C)C[C@@H]1C(=O)N1CC2(CN(C(=O)c3cncs3)CC2CNCc2cccc(C3CCOCC3)n2)C1. The molecule has 2 amide bonds. The fraction of sp³-hybridized carbons (Fsp3) is 0.643. The lowest BCUT2D eigenvalue weighted by Crippen LogP contribution is -2.63. The third-order valence-corrected chi connectivity index (χ3v) is 9.80. The van der Waals surface area contributed by atoms with Crippen LogP contribution in [0, 0.1) is 22.7 Å². The second kappa shape index (κ2) is 9.75. The fourth-order valence-corrected chi connectivity index (χ4v) is 7.06. The van der Waals surface area contributed by atoms with Gasteiger partial charge in [0.1, 0.15) is 4.88 Å². The molecule has 0 radical (unpaired) electrons. The van der Waals surface area contributed by atoms with E-state index >= 15 is 0 Å². The highest BCUT2D eigenvalue weighted by Crippen LogP contribution is 2.54. The molecule has 1 spiro atoms. The number of thiazole rings is 1. The second-order valence-corrected chi connectivity index (χ2v) is 13.0. The van der Waals surface area contributed by atoms with Crippen molar-refractivity contribution in [1.82, 2.24) is 25.1 Å². The number of amides is 2. The zero-order chi connectivity index (χ0) is 25.6. The zero-order valence-electron chi connectivity index (χ0n) is 21.8. The molecule has 6 rings (SSSR count). The van der Waals surface area contributed by atoms with Gasteiger partial charge in [0.25, 0.3) is 5.91 Å². The molecule has 0 bridgehead atoms. The molecule has 3 saturated heterocycles. The van der Waals surface area contributed by atoms with E-state index in [1.807, 2.05) is 9.80 Å². The quantitative estimate of drug-likeness (QED) is 0.600. The number of ether oxygens (including phenoxy) is 1. The van der Waals surface area contributed by atoms with Crippen molar-refractivity contribution >= 4 is 23.2 Å². The summed E-state index contributed by atoms with van der Waals surface area (Å²) in [4.78, 5) is 39.9. The standard InChI is InChI=1S/C28H37N5O3S/c1-27(2)10-22(27)25(34)33-16-28(17-33)15-32(26(35)24-13-30-18-37-24)14-20(28)11-29-12-21-4-3-5-23(31-21)19-6-8-36-9-7-19/h3-5,13,18-20,22,29H,6-12,14-17H2,1-2H3/t20?,22-/m1/s1. The largest absolute Gasteiger partial charge is 0.381 e. The number of hydrogen-bond donors (Lipinski definition) is 1. The first-order valence-corrected chi connectivity index (χ1v) is 14.4. The summed E-state index contributed by atoms with van der Waals surface area (Å²) in [5, 5.41) is 3.65. The maximum Gasteiger partial charge on any atom is 0.265 e. The van der Waals surface area contributed by atoms with Gasteiger partial charge in [0, 0.05) is 75.4 Å². The predicted molar refractivity (Wildman–Crippen MR) is 141 cm³/mol. The van der Waals surface area contributed by atoms with Gasteiger partial charge in [-0.05, 0) is 42.7 Å². The van der Waals surface area contributed by atoms with Gasteiger partial charge < -0.3 is 19.9 Å². The number of hydrogen-bond acceptors (Lipinski definition) is 7. The molecule has 37 heavy (non-hydrogen) atoms. The maximum atomic E-state index is 13.2. The summed E-state index contributed by atoms with van der Waals surface area (Å²) in [6, 6.07) is 6.33. The third-order valence-electron chi connectivity index (χ3n) is 9.04. The number of nitrogens with zero attached hydrogens (tertiary/aromatic N) is 4. The van der Waals surface area contributed by atoms with Gasteiger partial charge >= 0.3 is 0 Å². The van der Waals surface area contributed by atoms with Crippen molar-refractivity contribution in [3.63, 3.8) is 0 Å². The Kier molecular flexibility index (Phi) is 6.57. The van der Waals surface area contributed by atoms with E-state index in [-0.39, 0.29) is 22.7 Å². The number of nitrogens with one attached hydrogen (secondary N) is 1. The topological polar surface area (TPSA) is 87.7 Å². The Morgan fingerprint density at radius 3 is 2.62 bits per heavy atom. The van der Waals surface area contributed by atoms with Crippen LogP contribution in [-0.2, 0) is 16.1 Å². The van der Waals surface area contributed by atoms with Crippen LogP contribution in [0.1, 0.15) is 60.1 Å². The summed E-state index contributed by atoms with van der Waals surface area (Å²) >= 11 is 1.39. The van der Waals surface area contributed by atoms with Crippen LogP contribution in [0.2, 0.25) is 0 Å². The number of carbonyl (C=O) groups excluding carboxylic acids is 2. The second-order valence-electron chi connectivity index (χ2n) is 12.1. The number of pyridine rings is 1. The molecule has 4 aliphatic rings. The molecule has 3 aliphatic heterocycles. The molecule has 0 aromatic carbocycles. The first-order valence-electron chi connectivity index (χ1n) is 13.6. The first-order chi connectivity index (χ1) is 17.8. The molecule has 2 atom stereocenters. The van der Waals surface area contributed by atoms with E-state index in [1.165, 1.54) is 11.3 Å². The van der Waals surface area contributed by atoms with Crippen molar-refractivity contribution in [2.45, 2.75) is 45.6 Å². The highest BCUT2D eigenvalue weighted by Gasteiger charge is 2.60. The number of aromatic nitrogens is 2. The molecule has 4 fully saturated rings. The smallest absolute Gasteiger partial charge is 0.265 e. The molecule has 5 heterocycles. The summed E-state index contributed by atoms with van der Waals surface area (Å²) in [5.74, 6) is 1.28. The minimum absolute atomic E-state index is 0.0422. The van der Waals surface area contributed by atoms with Crippen LogP contribution in [0.5, 0.6) is 0 Å². The average molecular weight is 524 g/mol. The van der Waals surface area contributed by atoms with E-state index < -0.39 is 0 Å². The highest BCUT2D eigenvalue weighted by atomic mass is 32.1. The first kappa shape index (κ1) is 24.9. The van der Waals surface area contributed by atoms with Gasteiger partial charge in [-0.2, -0.15) is 0 Å². The lowest BCUT2D eigenvalue weighted by atomic mass is 9.71. The Balaban J connectivity index is 1.10. The molecule has 1 N–H and O–H groups in total. The Morgan fingerprint density at radius 1 is 1.16 bits per heavy atom. The van der Waals surface area contributed by atoms with Crippen LogP contribution in [0.3, 0.4) is 0 Å². The lowest BCUT2D eigenvalue weighted by Gasteiger charge is -2.51. The number of carbonyl (C=O) groups is 2. The van der Waals surface area contributed by atoms with E-state index in [2.05, 4.69) is 42.3 Å². The number of likely N-dealkylation sites (tertiary alicyclic amines) is 2. The van der Waals surface area contributed by atoms with Gasteiger partial charge in [-0.1, -0.05) is 19.9 Å². The Hall–Kier alpha value is -2.36. The van der Waals surface area contributed by atoms with E-state index in [4.69, 9.17) is 9.72 Å². The normalized spacial score (nSPS) is 26.3. The van der Waals surface area contributed by atoms with E-state index in [9.17, 15) is 9.59 Å². The predicted octanol–water partition coefficient (Wildman–Crippen LogP) is 3.17. The Labute approximate surface area is 222 Å². The zero-order valence-corrected chi connectivity index (χ0v) is 22.6. The Morgan fingerprint density at radius 2 is 1.92 bits per heavy atom. The van der Waals surface area contributed by atoms with E-state index in [1.54, 1.807) is 11.7 Å². The molecule has 1 unspecified atom stereocenters. The maximum absolute atomic E-state index is 13.2. The Bertz CT molecular complexity index is 1140. The van der Waals surface area contributed by atoms with Crippen LogP contribution in [0.4, 0.5) is 0 Å². The molecule has 8 nitrogen and oxygen atoms in total. The van der Waals surface area contributed by atoms with Crippen LogP contribution in [-0.4, -0.2) is 77.5 Å². The minimum Gasteiger partial charge on any atom is -0.381 e. The van der Waals surface area contributed by atoms with Crippen molar-refractivity contribution in [2.75, 3.05) is 45.9 Å². The highest BCUT2D eigenvalue weighted by molar-refractivity contribution is 7.11. The van der Waals surface area contributed by atoms with Crippen molar-refractivity contribution in [1.29, 1.82) is 0 Å². The molecule has 2 aromatic heterocycles. The van der Waals surface area contributed by atoms with Crippen molar-refractivity contribution in [3.05, 3.63) is 46.2 Å². The summed E-state index contributed by atoms with van der Waals surface area (Å²) in [6.45, 7) is 10.4. The van der Waals surface area contributed by atoms with Crippen LogP contribution in [0.15, 0.2) is 29.9 Å². The van der Waals surface area contributed by atoms with Crippen LogP contribution >= 0.6 is 11.3 Å². The number of rotatable bonds is 7. The fourth-order valence-electron chi connectivity index (χ4n) is 6.48. The van der Waals surface area contributed by atoms with Crippen molar-refractivity contribution in [2.24, 2.45) is 22.7 Å². The van der Waals surface area contributed by atoms with Crippen molar-refractivity contribution in [3.8, 4) is 0 Å². The molecular formula is C28H37N5O3S. The average Bonchev–Trinajstić information content (AvgIpc) is 3.26. The molecule has 1 saturated carbocycles. The van der Waals surface area contributed by atoms with Gasteiger partial charge in [-0.15, -0.1) is 11.3 Å². The molecule has 2 aromatic rings. The van der Waals surface area contributed by atoms with Crippen LogP contribution in [0.25, 0.3) is 0 Å². The third kappa shape index (κ3) is 4.93. The van der Waals surface area contributed by atoms with E-state index in [0.29, 0.717) is 42.3 Å². The van der Waals surface area contributed by atoms with Gasteiger partial charge in [-0.25, -0.2) is 0 Å². The lowest BCUT2D eigenvalue weighted by molar-refractivity contribution is -0.147. The van der Waals surface area contributed by atoms with Gasteiger partial charge in [0.05, 0.1) is 17.4 Å². The molecular weight excluding hydrogens is 486 g/mol. The van der Waals surface area contributed by atoms with E-state index in [0.717, 1.165) is 63.5 Å².